The molecule has 0 saturated heterocycles. The van der Waals surface area contributed by atoms with E-state index in [1.807, 2.05) is 67.7 Å². The average molecular weight is 320 g/mol. The smallest absolute Gasteiger partial charge is 0.223 e. The van der Waals surface area contributed by atoms with Crippen LogP contribution in [0, 0.1) is 0 Å². The number of hydrogen-bond donors (Lipinski definition) is 0. The summed E-state index contributed by atoms with van der Waals surface area (Å²) in [4.78, 5) is 18.3. The van der Waals surface area contributed by atoms with Crippen LogP contribution >= 0.6 is 0 Å². The molecule has 2 aromatic carbocycles. The molecule has 24 heavy (non-hydrogen) atoms. The summed E-state index contributed by atoms with van der Waals surface area (Å²) >= 11 is 0. The molecule has 0 radical (unpaired) electrons. The lowest BCUT2D eigenvalue weighted by Crippen LogP contribution is -2.26. The largest absolute Gasteiger partial charge is 0.441 e. The summed E-state index contributed by atoms with van der Waals surface area (Å²) in [7, 11) is 1.82. The first-order valence-electron chi connectivity index (χ1n) is 8.00. The van der Waals surface area contributed by atoms with Gasteiger partial charge in [0, 0.05) is 32.0 Å². The van der Waals surface area contributed by atoms with Crippen LogP contribution in [-0.2, 0) is 17.8 Å². The molecule has 0 fully saturated rings. The third-order valence-electron chi connectivity index (χ3n) is 3.85. The van der Waals surface area contributed by atoms with E-state index >= 15 is 0 Å². The molecule has 1 amide bonds. The Morgan fingerprint density at radius 1 is 1.04 bits per heavy atom. The first-order chi connectivity index (χ1) is 11.7. The van der Waals surface area contributed by atoms with Crippen molar-refractivity contribution < 1.29 is 9.21 Å². The predicted octanol–water partition coefficient (Wildman–Crippen LogP) is 3.93. The van der Waals surface area contributed by atoms with Crippen LogP contribution in [0.2, 0.25) is 0 Å². The Balaban J connectivity index is 1.54. The summed E-state index contributed by atoms with van der Waals surface area (Å²) in [6.45, 7) is 0.612. The van der Waals surface area contributed by atoms with E-state index < -0.39 is 0 Å². The standard InChI is InChI=1S/C20H20N2O2/c1-22(15-16-8-4-2-5-9-16)20(23)13-12-19-21-14-18(24-19)17-10-6-3-7-11-17/h2-11,14H,12-13,15H2,1H3. The number of aromatic nitrogens is 1. The van der Waals surface area contributed by atoms with Crippen molar-refractivity contribution >= 4 is 5.91 Å². The zero-order valence-corrected chi connectivity index (χ0v) is 13.7. The number of rotatable bonds is 6. The van der Waals surface area contributed by atoms with Crippen molar-refractivity contribution in [2.24, 2.45) is 0 Å². The zero-order chi connectivity index (χ0) is 16.8. The van der Waals surface area contributed by atoms with Gasteiger partial charge in [0.1, 0.15) is 0 Å². The highest BCUT2D eigenvalue weighted by molar-refractivity contribution is 5.76. The molecule has 0 spiro atoms. The Hall–Kier alpha value is -2.88. The Labute approximate surface area is 141 Å². The maximum atomic E-state index is 12.3. The van der Waals surface area contributed by atoms with Gasteiger partial charge in [-0.05, 0) is 5.56 Å². The number of hydrogen-bond acceptors (Lipinski definition) is 3. The maximum absolute atomic E-state index is 12.3. The fourth-order valence-corrected chi connectivity index (χ4v) is 2.51. The van der Waals surface area contributed by atoms with Crippen molar-refractivity contribution in [3.8, 4) is 11.3 Å². The Bertz CT molecular complexity index is 782. The molecule has 0 aliphatic rings. The number of benzene rings is 2. The summed E-state index contributed by atoms with van der Waals surface area (Å²) in [5.41, 5.74) is 2.11. The van der Waals surface area contributed by atoms with Gasteiger partial charge in [-0.25, -0.2) is 4.98 Å². The molecular formula is C20H20N2O2. The molecule has 0 saturated carbocycles. The van der Waals surface area contributed by atoms with Crippen LogP contribution in [0.5, 0.6) is 0 Å². The van der Waals surface area contributed by atoms with Crippen molar-refractivity contribution in [1.82, 2.24) is 9.88 Å². The van der Waals surface area contributed by atoms with Gasteiger partial charge >= 0.3 is 0 Å². The van der Waals surface area contributed by atoms with Crippen LogP contribution in [0.1, 0.15) is 17.9 Å². The molecule has 1 heterocycles. The van der Waals surface area contributed by atoms with Gasteiger partial charge in [0.2, 0.25) is 5.91 Å². The quantitative estimate of drug-likeness (QED) is 0.691. The molecule has 4 heteroatoms. The van der Waals surface area contributed by atoms with Crippen molar-refractivity contribution in [3.63, 3.8) is 0 Å². The second-order valence-electron chi connectivity index (χ2n) is 5.72. The van der Waals surface area contributed by atoms with Gasteiger partial charge in [-0.15, -0.1) is 0 Å². The highest BCUT2D eigenvalue weighted by atomic mass is 16.4. The average Bonchev–Trinajstić information content (AvgIpc) is 3.10. The van der Waals surface area contributed by atoms with Crippen LogP contribution in [0.25, 0.3) is 11.3 Å². The summed E-state index contributed by atoms with van der Waals surface area (Å²) in [6.07, 6.45) is 2.60. The van der Waals surface area contributed by atoms with E-state index in [0.29, 0.717) is 25.3 Å². The van der Waals surface area contributed by atoms with Crippen molar-refractivity contribution in [2.45, 2.75) is 19.4 Å². The zero-order valence-electron chi connectivity index (χ0n) is 13.7. The second kappa shape index (κ2) is 7.59. The first-order valence-corrected chi connectivity index (χ1v) is 8.00. The molecule has 1 aromatic heterocycles. The molecular weight excluding hydrogens is 300 g/mol. The van der Waals surface area contributed by atoms with Gasteiger partial charge in [0.05, 0.1) is 6.20 Å². The number of nitrogens with zero attached hydrogens (tertiary/aromatic N) is 2. The van der Waals surface area contributed by atoms with E-state index in [4.69, 9.17) is 4.42 Å². The van der Waals surface area contributed by atoms with Gasteiger partial charge in [-0.2, -0.15) is 0 Å². The number of amides is 1. The van der Waals surface area contributed by atoms with Crippen LogP contribution < -0.4 is 0 Å². The fraction of sp³-hybridized carbons (Fsp3) is 0.200. The molecule has 0 bridgehead atoms. The van der Waals surface area contributed by atoms with Crippen molar-refractivity contribution in [2.75, 3.05) is 7.05 Å². The molecule has 4 nitrogen and oxygen atoms in total. The molecule has 0 aliphatic heterocycles. The van der Waals surface area contributed by atoms with E-state index in [0.717, 1.165) is 16.9 Å². The number of oxazole rings is 1. The minimum Gasteiger partial charge on any atom is -0.441 e. The number of carbonyl (C=O) groups excluding carboxylic acids is 1. The van der Waals surface area contributed by atoms with E-state index in [2.05, 4.69) is 4.98 Å². The Morgan fingerprint density at radius 2 is 1.71 bits per heavy atom. The van der Waals surface area contributed by atoms with Gasteiger partial charge in [0.15, 0.2) is 11.7 Å². The number of carbonyl (C=O) groups is 1. The van der Waals surface area contributed by atoms with Gasteiger partial charge in [-0.3, -0.25) is 4.79 Å². The van der Waals surface area contributed by atoms with E-state index in [9.17, 15) is 4.79 Å². The highest BCUT2D eigenvalue weighted by Crippen LogP contribution is 2.20. The van der Waals surface area contributed by atoms with Crippen LogP contribution in [0.15, 0.2) is 71.3 Å². The summed E-state index contributed by atoms with van der Waals surface area (Å²) in [5, 5.41) is 0. The predicted molar refractivity (Wildman–Crippen MR) is 93.2 cm³/mol. The topological polar surface area (TPSA) is 46.3 Å². The minimum absolute atomic E-state index is 0.0818. The number of aryl methyl sites for hydroxylation is 1. The monoisotopic (exact) mass is 320 g/mol. The van der Waals surface area contributed by atoms with Crippen LogP contribution in [0.3, 0.4) is 0 Å². The fourth-order valence-electron chi connectivity index (χ4n) is 2.51. The lowest BCUT2D eigenvalue weighted by Gasteiger charge is -2.16. The highest BCUT2D eigenvalue weighted by Gasteiger charge is 2.12. The summed E-state index contributed by atoms with van der Waals surface area (Å²) in [5.74, 6) is 1.41. The van der Waals surface area contributed by atoms with Crippen molar-refractivity contribution in [3.05, 3.63) is 78.3 Å². The van der Waals surface area contributed by atoms with Gasteiger partial charge in [0.25, 0.3) is 0 Å². The molecule has 3 rings (SSSR count). The lowest BCUT2D eigenvalue weighted by molar-refractivity contribution is -0.130. The van der Waals surface area contributed by atoms with Gasteiger partial charge < -0.3 is 9.32 Å². The minimum atomic E-state index is 0.0818. The third kappa shape index (κ3) is 4.10. The molecule has 3 aromatic rings. The molecule has 0 atom stereocenters. The third-order valence-corrected chi connectivity index (χ3v) is 3.85. The van der Waals surface area contributed by atoms with E-state index in [1.165, 1.54) is 0 Å². The molecule has 0 N–H and O–H groups in total. The Morgan fingerprint density at radius 3 is 2.42 bits per heavy atom. The molecule has 122 valence electrons. The molecule has 0 aliphatic carbocycles. The Kier molecular flexibility index (Phi) is 5.06. The second-order valence-corrected chi connectivity index (χ2v) is 5.72. The first kappa shape index (κ1) is 16.0. The van der Waals surface area contributed by atoms with E-state index in [1.54, 1.807) is 11.1 Å². The van der Waals surface area contributed by atoms with Crippen molar-refractivity contribution in [1.29, 1.82) is 0 Å². The molecule has 0 unspecified atom stereocenters. The summed E-state index contributed by atoms with van der Waals surface area (Å²) in [6, 6.07) is 19.8. The van der Waals surface area contributed by atoms with Crippen LogP contribution in [0.4, 0.5) is 0 Å². The SMILES string of the molecule is CN(Cc1ccccc1)C(=O)CCc1ncc(-c2ccccc2)o1. The summed E-state index contributed by atoms with van der Waals surface area (Å²) < 4.78 is 5.74. The normalized spacial score (nSPS) is 10.5. The van der Waals surface area contributed by atoms with Crippen LogP contribution in [-0.4, -0.2) is 22.8 Å². The van der Waals surface area contributed by atoms with Gasteiger partial charge in [-0.1, -0.05) is 60.7 Å². The van der Waals surface area contributed by atoms with E-state index in [-0.39, 0.29) is 5.91 Å². The maximum Gasteiger partial charge on any atom is 0.223 e. The lowest BCUT2D eigenvalue weighted by atomic mass is 10.2.